The number of carbonyl (C=O) groups excluding carboxylic acids is 2. The Labute approximate surface area is 142 Å². The van der Waals surface area contributed by atoms with E-state index >= 15 is 0 Å². The van der Waals surface area contributed by atoms with E-state index in [2.05, 4.69) is 25.4 Å². The summed E-state index contributed by atoms with van der Waals surface area (Å²) in [6.45, 7) is 0.304. The average molecular weight is 379 g/mol. The molecule has 2 aromatic carbocycles. The van der Waals surface area contributed by atoms with Gasteiger partial charge in [-0.3, -0.25) is 0 Å². The van der Waals surface area contributed by atoms with Crippen LogP contribution >= 0.6 is 15.9 Å². The molecule has 0 bridgehead atoms. The Hall–Kier alpha value is -2.34. The van der Waals surface area contributed by atoms with Crippen LogP contribution in [0.25, 0.3) is 0 Å². The van der Waals surface area contributed by atoms with Crippen LogP contribution < -0.4 is 4.74 Å². The number of carbonyl (C=O) groups is 2. The van der Waals surface area contributed by atoms with E-state index in [1.165, 1.54) is 32.4 Å². The number of benzene rings is 2. The van der Waals surface area contributed by atoms with Crippen LogP contribution in [0.3, 0.4) is 0 Å². The van der Waals surface area contributed by atoms with E-state index in [0.29, 0.717) is 12.4 Å². The van der Waals surface area contributed by atoms with E-state index in [9.17, 15) is 9.59 Å². The van der Waals surface area contributed by atoms with Crippen molar-refractivity contribution in [1.82, 2.24) is 0 Å². The molecule has 0 fully saturated rings. The van der Waals surface area contributed by atoms with E-state index in [0.717, 1.165) is 10.0 Å². The first kappa shape index (κ1) is 17.0. The van der Waals surface area contributed by atoms with Gasteiger partial charge in [0.1, 0.15) is 12.4 Å². The summed E-state index contributed by atoms with van der Waals surface area (Å²) in [5.41, 5.74) is 1.40. The second-order valence-electron chi connectivity index (χ2n) is 4.64. The van der Waals surface area contributed by atoms with Gasteiger partial charge in [0.2, 0.25) is 0 Å². The summed E-state index contributed by atoms with van der Waals surface area (Å²) in [5.74, 6) is -0.718. The molecule has 0 aliphatic rings. The van der Waals surface area contributed by atoms with Gasteiger partial charge in [-0.2, -0.15) is 0 Å². The van der Waals surface area contributed by atoms with Crippen LogP contribution in [0.5, 0.6) is 5.75 Å². The molecule has 0 saturated carbocycles. The zero-order valence-corrected chi connectivity index (χ0v) is 14.3. The Bertz CT molecular complexity index is 675. The highest BCUT2D eigenvalue weighted by Gasteiger charge is 2.14. The minimum Gasteiger partial charge on any atom is -0.489 e. The molecule has 0 spiro atoms. The van der Waals surface area contributed by atoms with Gasteiger partial charge in [-0.05, 0) is 35.9 Å². The standard InChI is InChI=1S/C17H15BrO5/c1-21-16(19)12-7-13(17(20)22-2)9-15(8-12)23-10-11-3-5-14(18)6-4-11/h3-9H,10H2,1-2H3. The molecule has 0 aliphatic heterocycles. The molecule has 0 radical (unpaired) electrons. The predicted octanol–water partition coefficient (Wildman–Crippen LogP) is 3.60. The quantitative estimate of drug-likeness (QED) is 0.743. The molecule has 0 heterocycles. The van der Waals surface area contributed by atoms with E-state index in [-0.39, 0.29) is 11.1 Å². The number of ether oxygens (including phenoxy) is 3. The van der Waals surface area contributed by atoms with E-state index in [4.69, 9.17) is 4.74 Å². The first-order valence-corrected chi connectivity index (χ1v) is 7.51. The Kier molecular flexibility index (Phi) is 5.76. The summed E-state index contributed by atoms with van der Waals surface area (Å²) >= 11 is 3.36. The van der Waals surface area contributed by atoms with Gasteiger partial charge in [-0.25, -0.2) is 9.59 Å². The maximum absolute atomic E-state index is 11.7. The largest absolute Gasteiger partial charge is 0.489 e. The van der Waals surface area contributed by atoms with Crippen LogP contribution in [0.4, 0.5) is 0 Å². The molecule has 0 unspecified atom stereocenters. The van der Waals surface area contributed by atoms with Gasteiger partial charge in [0.15, 0.2) is 0 Å². The minimum atomic E-state index is -0.552. The van der Waals surface area contributed by atoms with Gasteiger partial charge < -0.3 is 14.2 Å². The van der Waals surface area contributed by atoms with Crippen LogP contribution in [-0.4, -0.2) is 26.2 Å². The van der Waals surface area contributed by atoms with Crippen molar-refractivity contribution in [3.8, 4) is 5.75 Å². The lowest BCUT2D eigenvalue weighted by molar-refractivity contribution is 0.0598. The second kappa shape index (κ2) is 7.78. The topological polar surface area (TPSA) is 61.8 Å². The Morgan fingerprint density at radius 1 is 0.913 bits per heavy atom. The number of hydrogen-bond acceptors (Lipinski definition) is 5. The minimum absolute atomic E-state index is 0.223. The van der Waals surface area contributed by atoms with Crippen LogP contribution in [0.15, 0.2) is 46.9 Å². The predicted molar refractivity (Wildman–Crippen MR) is 87.6 cm³/mol. The highest BCUT2D eigenvalue weighted by molar-refractivity contribution is 9.10. The number of halogens is 1. The summed E-state index contributed by atoms with van der Waals surface area (Å²) in [4.78, 5) is 23.4. The molecule has 23 heavy (non-hydrogen) atoms. The van der Waals surface area contributed by atoms with Gasteiger partial charge in [0, 0.05) is 4.47 Å². The van der Waals surface area contributed by atoms with Gasteiger partial charge in [0.25, 0.3) is 0 Å². The molecule has 2 aromatic rings. The van der Waals surface area contributed by atoms with Crippen molar-refractivity contribution in [1.29, 1.82) is 0 Å². The fourth-order valence-electron chi connectivity index (χ4n) is 1.90. The van der Waals surface area contributed by atoms with Gasteiger partial charge in [-0.1, -0.05) is 28.1 Å². The van der Waals surface area contributed by atoms with Crippen molar-refractivity contribution in [2.45, 2.75) is 6.61 Å². The molecule has 120 valence electrons. The lowest BCUT2D eigenvalue weighted by atomic mass is 10.1. The van der Waals surface area contributed by atoms with E-state index < -0.39 is 11.9 Å². The Morgan fingerprint density at radius 3 is 1.91 bits per heavy atom. The van der Waals surface area contributed by atoms with Crippen molar-refractivity contribution in [2.75, 3.05) is 14.2 Å². The molecule has 2 rings (SSSR count). The molecular weight excluding hydrogens is 364 g/mol. The van der Waals surface area contributed by atoms with E-state index in [1.807, 2.05) is 24.3 Å². The fourth-order valence-corrected chi connectivity index (χ4v) is 2.17. The first-order chi connectivity index (χ1) is 11.0. The molecule has 0 saturated heterocycles. The summed E-state index contributed by atoms with van der Waals surface area (Å²) in [5, 5.41) is 0. The molecule has 6 heteroatoms. The maximum Gasteiger partial charge on any atom is 0.338 e. The Morgan fingerprint density at radius 2 is 1.43 bits per heavy atom. The molecule has 0 N–H and O–H groups in total. The van der Waals surface area contributed by atoms with Crippen molar-refractivity contribution < 1.29 is 23.8 Å². The van der Waals surface area contributed by atoms with Gasteiger partial charge >= 0.3 is 11.9 Å². The van der Waals surface area contributed by atoms with Gasteiger partial charge in [-0.15, -0.1) is 0 Å². The molecule has 0 aromatic heterocycles. The van der Waals surface area contributed by atoms with Gasteiger partial charge in [0.05, 0.1) is 25.3 Å². The molecule has 0 atom stereocenters. The lowest BCUT2D eigenvalue weighted by Gasteiger charge is -2.10. The maximum atomic E-state index is 11.7. The summed E-state index contributed by atoms with van der Waals surface area (Å²) in [6.07, 6.45) is 0. The van der Waals surface area contributed by atoms with Crippen LogP contribution in [0.2, 0.25) is 0 Å². The summed E-state index contributed by atoms with van der Waals surface area (Å²) in [6, 6.07) is 12.1. The van der Waals surface area contributed by atoms with Crippen LogP contribution in [0.1, 0.15) is 26.3 Å². The Balaban J connectivity index is 2.23. The fraction of sp³-hybridized carbons (Fsp3) is 0.176. The van der Waals surface area contributed by atoms with Crippen LogP contribution in [0, 0.1) is 0 Å². The molecule has 0 amide bonds. The van der Waals surface area contributed by atoms with Crippen molar-refractivity contribution in [3.63, 3.8) is 0 Å². The third-order valence-electron chi connectivity index (χ3n) is 3.07. The third-order valence-corrected chi connectivity index (χ3v) is 3.60. The van der Waals surface area contributed by atoms with Crippen LogP contribution in [-0.2, 0) is 16.1 Å². The van der Waals surface area contributed by atoms with Crippen molar-refractivity contribution in [2.24, 2.45) is 0 Å². The number of hydrogen-bond donors (Lipinski definition) is 0. The smallest absolute Gasteiger partial charge is 0.338 e. The highest BCUT2D eigenvalue weighted by atomic mass is 79.9. The zero-order valence-electron chi connectivity index (χ0n) is 12.7. The molecule has 5 nitrogen and oxygen atoms in total. The second-order valence-corrected chi connectivity index (χ2v) is 5.56. The van der Waals surface area contributed by atoms with E-state index in [1.54, 1.807) is 0 Å². The number of methoxy groups -OCH3 is 2. The SMILES string of the molecule is COC(=O)c1cc(OCc2ccc(Br)cc2)cc(C(=O)OC)c1. The normalized spacial score (nSPS) is 10.0. The monoisotopic (exact) mass is 378 g/mol. The number of esters is 2. The lowest BCUT2D eigenvalue weighted by Crippen LogP contribution is -2.07. The number of rotatable bonds is 5. The molecule has 0 aliphatic carbocycles. The van der Waals surface area contributed by atoms with Crippen molar-refractivity contribution in [3.05, 3.63) is 63.6 Å². The molecular formula is C17H15BrO5. The highest BCUT2D eigenvalue weighted by Crippen LogP contribution is 2.20. The summed E-state index contributed by atoms with van der Waals surface area (Å²) < 4.78 is 16.0. The zero-order chi connectivity index (χ0) is 16.8. The van der Waals surface area contributed by atoms with Crippen molar-refractivity contribution >= 4 is 27.9 Å². The third kappa shape index (κ3) is 4.56. The average Bonchev–Trinajstić information content (AvgIpc) is 2.59. The first-order valence-electron chi connectivity index (χ1n) is 6.72. The summed E-state index contributed by atoms with van der Waals surface area (Å²) in [7, 11) is 2.55.